The van der Waals surface area contributed by atoms with Gasteiger partial charge < -0.3 is 4.74 Å². The van der Waals surface area contributed by atoms with Gasteiger partial charge in [-0.2, -0.15) is 0 Å². The number of carbonyl (C=O) groups is 1. The van der Waals surface area contributed by atoms with Crippen molar-refractivity contribution < 1.29 is 9.53 Å². The van der Waals surface area contributed by atoms with E-state index >= 15 is 0 Å². The zero-order chi connectivity index (χ0) is 15.2. The number of rotatable bonds is 2. The highest BCUT2D eigenvalue weighted by molar-refractivity contribution is 14.1. The highest BCUT2D eigenvalue weighted by Gasteiger charge is 2.45. The van der Waals surface area contributed by atoms with Crippen LogP contribution in [0.1, 0.15) is 29.9 Å². The molecule has 6 heteroatoms. The minimum absolute atomic E-state index is 0.0612. The molecule has 0 aromatic carbocycles. The van der Waals surface area contributed by atoms with Crippen molar-refractivity contribution in [2.24, 2.45) is 0 Å². The van der Waals surface area contributed by atoms with Gasteiger partial charge in [0.15, 0.2) is 0 Å². The van der Waals surface area contributed by atoms with Gasteiger partial charge in [0.2, 0.25) is 5.88 Å². The second kappa shape index (κ2) is 4.94. The van der Waals surface area contributed by atoms with E-state index in [1.165, 1.54) is 0 Å². The molecule has 0 atom stereocenters. The zero-order valence-electron chi connectivity index (χ0n) is 11.9. The molecular formula is C15H14IN3O2. The third kappa shape index (κ3) is 2.17. The third-order valence-electron chi connectivity index (χ3n) is 3.60. The number of anilines is 1. The van der Waals surface area contributed by atoms with E-state index in [-0.39, 0.29) is 5.91 Å². The van der Waals surface area contributed by atoms with Crippen molar-refractivity contribution in [1.29, 1.82) is 0 Å². The van der Waals surface area contributed by atoms with Crippen molar-refractivity contribution in [3.05, 3.63) is 45.4 Å². The minimum atomic E-state index is -0.549. The number of hydrogen-bond acceptors (Lipinski definition) is 4. The fraction of sp³-hybridized carbons (Fsp3) is 0.267. The van der Waals surface area contributed by atoms with E-state index in [9.17, 15) is 4.79 Å². The molecule has 5 nitrogen and oxygen atoms in total. The molecule has 0 saturated heterocycles. The zero-order valence-corrected chi connectivity index (χ0v) is 14.1. The molecule has 1 aliphatic rings. The van der Waals surface area contributed by atoms with Crippen molar-refractivity contribution in [3.63, 3.8) is 0 Å². The first kappa shape index (κ1) is 14.2. The van der Waals surface area contributed by atoms with Crippen molar-refractivity contribution in [1.82, 2.24) is 9.97 Å². The number of ether oxygens (including phenoxy) is 1. The normalized spacial score (nSPS) is 16.0. The number of aromatic nitrogens is 2. The third-order valence-corrected chi connectivity index (χ3v) is 4.19. The molecule has 0 radical (unpaired) electrons. The summed E-state index contributed by atoms with van der Waals surface area (Å²) < 4.78 is 6.16. The van der Waals surface area contributed by atoms with Crippen LogP contribution >= 0.6 is 22.6 Å². The molecule has 0 saturated carbocycles. The van der Waals surface area contributed by atoms with E-state index in [4.69, 9.17) is 4.74 Å². The van der Waals surface area contributed by atoms with Crippen molar-refractivity contribution in [2.45, 2.75) is 19.4 Å². The summed E-state index contributed by atoms with van der Waals surface area (Å²) in [5, 5.41) is 0. The SMILES string of the molecule is COc1ccc2c(n1)C(C)(C)N(c1cncc(I)c1)C2=O. The van der Waals surface area contributed by atoms with Gasteiger partial charge in [-0.25, -0.2) is 4.98 Å². The number of halogens is 1. The lowest BCUT2D eigenvalue weighted by Gasteiger charge is -2.31. The first-order chi connectivity index (χ1) is 9.95. The molecule has 0 aliphatic carbocycles. The Balaban J connectivity index is 2.15. The van der Waals surface area contributed by atoms with Crippen LogP contribution in [-0.2, 0) is 5.54 Å². The van der Waals surface area contributed by atoms with Gasteiger partial charge in [0.25, 0.3) is 5.91 Å². The van der Waals surface area contributed by atoms with E-state index in [1.54, 1.807) is 36.5 Å². The van der Waals surface area contributed by atoms with Crippen LogP contribution in [0.5, 0.6) is 5.88 Å². The molecule has 1 amide bonds. The summed E-state index contributed by atoms with van der Waals surface area (Å²) in [5.74, 6) is 0.450. The summed E-state index contributed by atoms with van der Waals surface area (Å²) in [6.07, 6.45) is 3.46. The molecule has 1 aliphatic heterocycles. The molecule has 0 N–H and O–H groups in total. The van der Waals surface area contributed by atoms with Crippen LogP contribution in [-0.4, -0.2) is 23.0 Å². The topological polar surface area (TPSA) is 55.3 Å². The highest BCUT2D eigenvalue weighted by atomic mass is 127. The van der Waals surface area contributed by atoms with Crippen LogP contribution in [0.2, 0.25) is 0 Å². The summed E-state index contributed by atoms with van der Waals surface area (Å²) in [4.78, 5) is 23.1. The van der Waals surface area contributed by atoms with Crippen LogP contribution in [0.25, 0.3) is 0 Å². The maximum absolute atomic E-state index is 12.7. The van der Waals surface area contributed by atoms with Gasteiger partial charge in [-0.15, -0.1) is 0 Å². The van der Waals surface area contributed by atoms with Crippen LogP contribution in [0.3, 0.4) is 0 Å². The van der Waals surface area contributed by atoms with Gasteiger partial charge in [0, 0.05) is 15.8 Å². The summed E-state index contributed by atoms with van der Waals surface area (Å²) >= 11 is 2.19. The molecule has 21 heavy (non-hydrogen) atoms. The monoisotopic (exact) mass is 395 g/mol. The summed E-state index contributed by atoms with van der Waals surface area (Å²) in [5.41, 5.74) is 1.56. The Morgan fingerprint density at radius 3 is 2.71 bits per heavy atom. The molecule has 3 rings (SSSR count). The van der Waals surface area contributed by atoms with Crippen molar-refractivity contribution >= 4 is 34.2 Å². The Morgan fingerprint density at radius 1 is 1.29 bits per heavy atom. The van der Waals surface area contributed by atoms with E-state index in [2.05, 4.69) is 32.6 Å². The maximum Gasteiger partial charge on any atom is 0.261 e. The first-order valence-corrected chi connectivity index (χ1v) is 7.53. The van der Waals surface area contributed by atoms with Crippen LogP contribution in [0.4, 0.5) is 5.69 Å². The highest BCUT2D eigenvalue weighted by Crippen LogP contribution is 2.41. The molecular weight excluding hydrogens is 381 g/mol. The van der Waals surface area contributed by atoms with E-state index in [0.29, 0.717) is 11.4 Å². The Labute approximate surface area is 136 Å². The van der Waals surface area contributed by atoms with Crippen LogP contribution in [0.15, 0.2) is 30.6 Å². The van der Waals surface area contributed by atoms with E-state index in [0.717, 1.165) is 15.0 Å². The standard InChI is InChI=1S/C15H14IN3O2/c1-15(2)13-11(4-5-12(18-13)21-3)14(20)19(15)10-6-9(16)7-17-8-10/h4-8H,1-3H3. The van der Waals surface area contributed by atoms with Gasteiger partial charge >= 0.3 is 0 Å². The van der Waals surface area contributed by atoms with Gasteiger partial charge in [-0.3, -0.25) is 14.7 Å². The second-order valence-corrected chi connectivity index (χ2v) is 6.56. The van der Waals surface area contributed by atoms with Gasteiger partial charge in [0.1, 0.15) is 0 Å². The number of methoxy groups -OCH3 is 1. The molecule has 3 heterocycles. The van der Waals surface area contributed by atoms with Crippen molar-refractivity contribution in [2.75, 3.05) is 12.0 Å². The summed E-state index contributed by atoms with van der Waals surface area (Å²) in [6.45, 7) is 3.95. The average Bonchev–Trinajstić information content (AvgIpc) is 2.65. The number of fused-ring (bicyclic) bond motifs is 1. The Kier molecular flexibility index (Phi) is 3.35. The minimum Gasteiger partial charge on any atom is -0.481 e. The fourth-order valence-corrected chi connectivity index (χ4v) is 3.12. The Hall–Kier alpha value is -1.70. The smallest absolute Gasteiger partial charge is 0.261 e. The Bertz CT molecular complexity index is 731. The lowest BCUT2D eigenvalue weighted by Crippen LogP contribution is -2.39. The lowest BCUT2D eigenvalue weighted by molar-refractivity contribution is 0.0982. The first-order valence-electron chi connectivity index (χ1n) is 6.46. The molecule has 0 unspecified atom stereocenters. The molecule has 0 spiro atoms. The largest absolute Gasteiger partial charge is 0.481 e. The quantitative estimate of drug-likeness (QED) is 0.734. The maximum atomic E-state index is 12.7. The predicted octanol–water partition coefficient (Wildman–Crippen LogP) is 2.99. The number of nitrogens with zero attached hydrogens (tertiary/aromatic N) is 3. The van der Waals surface area contributed by atoms with Crippen LogP contribution in [0, 0.1) is 3.57 Å². The summed E-state index contributed by atoms with van der Waals surface area (Å²) in [7, 11) is 1.57. The molecule has 2 aromatic heterocycles. The Morgan fingerprint density at radius 2 is 2.05 bits per heavy atom. The molecule has 0 bridgehead atoms. The van der Waals surface area contributed by atoms with Gasteiger partial charge in [-0.1, -0.05) is 0 Å². The van der Waals surface area contributed by atoms with Crippen molar-refractivity contribution in [3.8, 4) is 5.88 Å². The van der Waals surface area contributed by atoms with E-state index in [1.807, 2.05) is 19.9 Å². The lowest BCUT2D eigenvalue weighted by atomic mass is 9.99. The number of carbonyl (C=O) groups excluding carboxylic acids is 1. The van der Waals surface area contributed by atoms with E-state index < -0.39 is 5.54 Å². The fourth-order valence-electron chi connectivity index (χ4n) is 2.64. The molecule has 2 aromatic rings. The summed E-state index contributed by atoms with van der Waals surface area (Å²) in [6, 6.07) is 5.42. The molecule has 0 fully saturated rings. The predicted molar refractivity (Wildman–Crippen MR) is 87.6 cm³/mol. The van der Waals surface area contributed by atoms with Crippen LogP contribution < -0.4 is 9.64 Å². The number of hydrogen-bond donors (Lipinski definition) is 0. The number of amides is 1. The molecule has 108 valence electrons. The second-order valence-electron chi connectivity index (χ2n) is 5.31. The van der Waals surface area contributed by atoms with Gasteiger partial charge in [-0.05, 0) is 48.6 Å². The van der Waals surface area contributed by atoms with Gasteiger partial charge in [0.05, 0.1) is 35.8 Å². The number of pyridine rings is 2. The average molecular weight is 395 g/mol.